The highest BCUT2D eigenvalue weighted by Gasteiger charge is 2.19. The van der Waals surface area contributed by atoms with Gasteiger partial charge in [-0.05, 0) is 18.2 Å². The summed E-state index contributed by atoms with van der Waals surface area (Å²) in [6.07, 6.45) is 2.75. The Bertz CT molecular complexity index is 700. The Morgan fingerprint density at radius 1 is 1.23 bits per heavy atom. The van der Waals surface area contributed by atoms with Gasteiger partial charge in [-0.3, -0.25) is 9.78 Å². The maximum absolute atomic E-state index is 14.3. The van der Waals surface area contributed by atoms with E-state index < -0.39 is 5.82 Å². The molecule has 114 valence electrons. The highest BCUT2D eigenvalue weighted by Crippen LogP contribution is 2.25. The first kappa shape index (κ1) is 14.5. The summed E-state index contributed by atoms with van der Waals surface area (Å²) in [5, 5.41) is 12.6. The quantitative estimate of drug-likeness (QED) is 0.885. The van der Waals surface area contributed by atoms with Crippen LogP contribution in [0.2, 0.25) is 0 Å². The number of benzene rings is 1. The number of carbonyl (C=O) groups excluding carboxylic acids is 1. The number of halogens is 1. The highest BCUT2D eigenvalue weighted by atomic mass is 19.1. The topological polar surface area (TPSA) is 65.5 Å². The molecule has 0 atom stereocenters. The molecule has 1 amide bonds. The molecule has 0 saturated carbocycles. The third-order valence-electron chi connectivity index (χ3n) is 3.66. The average Bonchev–Trinajstić information content (AvgIpc) is 2.55. The minimum atomic E-state index is -0.506. The summed E-state index contributed by atoms with van der Waals surface area (Å²) in [6, 6.07) is 5.82. The number of amides is 1. The third kappa shape index (κ3) is 2.92. The lowest BCUT2D eigenvalue weighted by atomic mass is 10.0. The Labute approximate surface area is 127 Å². The van der Waals surface area contributed by atoms with Crippen molar-refractivity contribution in [3.63, 3.8) is 0 Å². The van der Waals surface area contributed by atoms with Crippen molar-refractivity contribution in [2.45, 2.75) is 0 Å². The molecule has 1 aromatic carbocycles. The first-order valence-electron chi connectivity index (χ1n) is 7.09. The fourth-order valence-corrected chi connectivity index (χ4v) is 2.51. The van der Waals surface area contributed by atoms with Gasteiger partial charge in [-0.2, -0.15) is 0 Å². The molecule has 3 rings (SSSR count). The van der Waals surface area contributed by atoms with E-state index in [1.165, 1.54) is 24.5 Å². The average molecular weight is 301 g/mol. The molecule has 0 aliphatic carbocycles. The van der Waals surface area contributed by atoms with Crippen molar-refractivity contribution in [3.8, 4) is 16.9 Å². The van der Waals surface area contributed by atoms with Crippen LogP contribution in [0.4, 0.5) is 4.39 Å². The van der Waals surface area contributed by atoms with Gasteiger partial charge in [0.1, 0.15) is 11.6 Å². The molecule has 1 fully saturated rings. The zero-order valence-corrected chi connectivity index (χ0v) is 11.9. The van der Waals surface area contributed by atoms with Crippen molar-refractivity contribution in [2.24, 2.45) is 0 Å². The van der Waals surface area contributed by atoms with Crippen molar-refractivity contribution in [2.75, 3.05) is 26.2 Å². The number of aromatic hydroxyl groups is 1. The van der Waals surface area contributed by atoms with Crippen LogP contribution in [0.3, 0.4) is 0 Å². The minimum absolute atomic E-state index is 0.0298. The van der Waals surface area contributed by atoms with Crippen LogP contribution in [0, 0.1) is 5.82 Å². The number of rotatable bonds is 2. The second kappa shape index (κ2) is 6.11. The van der Waals surface area contributed by atoms with Crippen molar-refractivity contribution >= 4 is 5.91 Å². The lowest BCUT2D eigenvalue weighted by Gasteiger charge is -2.27. The molecule has 1 aliphatic rings. The van der Waals surface area contributed by atoms with Gasteiger partial charge >= 0.3 is 0 Å². The standard InChI is InChI=1S/C16H16FN3O2/c17-15-8-11(16(22)20-5-3-18-4-6-20)1-2-14(15)12-7-13(21)10-19-9-12/h1-2,7-10,18,21H,3-6H2. The van der Waals surface area contributed by atoms with Gasteiger partial charge in [0.25, 0.3) is 5.91 Å². The fourth-order valence-electron chi connectivity index (χ4n) is 2.51. The van der Waals surface area contributed by atoms with Crippen molar-refractivity contribution < 1.29 is 14.3 Å². The number of nitrogens with one attached hydrogen (secondary N) is 1. The van der Waals surface area contributed by atoms with Gasteiger partial charge in [-0.1, -0.05) is 6.07 Å². The van der Waals surface area contributed by atoms with Crippen LogP contribution in [-0.2, 0) is 0 Å². The van der Waals surface area contributed by atoms with E-state index in [9.17, 15) is 14.3 Å². The number of hydrogen-bond acceptors (Lipinski definition) is 4. The van der Waals surface area contributed by atoms with Gasteiger partial charge in [-0.15, -0.1) is 0 Å². The highest BCUT2D eigenvalue weighted by molar-refractivity contribution is 5.94. The van der Waals surface area contributed by atoms with E-state index in [1.807, 2.05) is 0 Å². The van der Waals surface area contributed by atoms with Crippen LogP contribution < -0.4 is 5.32 Å². The molecule has 2 aromatic rings. The smallest absolute Gasteiger partial charge is 0.254 e. The van der Waals surface area contributed by atoms with Crippen LogP contribution in [0.1, 0.15) is 10.4 Å². The second-order valence-corrected chi connectivity index (χ2v) is 5.17. The van der Waals surface area contributed by atoms with Crippen LogP contribution in [0.15, 0.2) is 36.7 Å². The first-order valence-corrected chi connectivity index (χ1v) is 7.09. The number of hydrogen-bond donors (Lipinski definition) is 2. The van der Waals surface area contributed by atoms with E-state index in [4.69, 9.17) is 0 Å². The SMILES string of the molecule is O=C(c1ccc(-c2cncc(O)c2)c(F)c1)N1CCNCC1. The summed E-state index contributed by atoms with van der Waals surface area (Å²) in [7, 11) is 0. The summed E-state index contributed by atoms with van der Waals surface area (Å²) < 4.78 is 14.3. The number of pyridine rings is 1. The van der Waals surface area contributed by atoms with Crippen LogP contribution in [0.5, 0.6) is 5.75 Å². The van der Waals surface area contributed by atoms with E-state index in [-0.39, 0.29) is 11.7 Å². The maximum atomic E-state index is 14.3. The summed E-state index contributed by atoms with van der Waals surface area (Å²) >= 11 is 0. The van der Waals surface area contributed by atoms with Gasteiger partial charge in [0.2, 0.25) is 0 Å². The van der Waals surface area contributed by atoms with Crippen molar-refractivity contribution in [1.29, 1.82) is 0 Å². The molecule has 0 radical (unpaired) electrons. The van der Waals surface area contributed by atoms with Gasteiger partial charge in [0, 0.05) is 49.1 Å². The molecule has 2 N–H and O–H groups in total. The maximum Gasteiger partial charge on any atom is 0.254 e. The van der Waals surface area contributed by atoms with Crippen molar-refractivity contribution in [1.82, 2.24) is 15.2 Å². The number of aromatic nitrogens is 1. The summed E-state index contributed by atoms with van der Waals surface area (Å²) in [4.78, 5) is 17.9. The summed E-state index contributed by atoms with van der Waals surface area (Å²) in [6.45, 7) is 2.75. The number of carbonyl (C=O) groups is 1. The van der Waals surface area contributed by atoms with Crippen LogP contribution in [-0.4, -0.2) is 47.1 Å². The molecule has 5 nitrogen and oxygen atoms in total. The summed E-state index contributed by atoms with van der Waals surface area (Å²) in [5.41, 5.74) is 1.11. The van der Waals surface area contributed by atoms with Gasteiger partial charge in [0.15, 0.2) is 0 Å². The molecule has 0 bridgehead atoms. The van der Waals surface area contributed by atoms with E-state index in [1.54, 1.807) is 17.0 Å². The van der Waals surface area contributed by atoms with Gasteiger partial charge in [0.05, 0.1) is 6.20 Å². The Morgan fingerprint density at radius 2 is 2.00 bits per heavy atom. The molecule has 0 spiro atoms. The Morgan fingerprint density at radius 3 is 2.68 bits per heavy atom. The lowest BCUT2D eigenvalue weighted by molar-refractivity contribution is 0.0735. The predicted molar refractivity (Wildman–Crippen MR) is 80.1 cm³/mol. The molecule has 1 aliphatic heterocycles. The first-order chi connectivity index (χ1) is 10.6. The Balaban J connectivity index is 1.87. The van der Waals surface area contributed by atoms with Crippen LogP contribution >= 0.6 is 0 Å². The Hall–Kier alpha value is -2.47. The molecule has 2 heterocycles. The zero-order chi connectivity index (χ0) is 15.5. The molecule has 1 aromatic heterocycles. The zero-order valence-electron chi connectivity index (χ0n) is 11.9. The summed E-state index contributed by atoms with van der Waals surface area (Å²) in [5.74, 6) is -0.702. The van der Waals surface area contributed by atoms with Crippen LogP contribution in [0.25, 0.3) is 11.1 Å². The molecular weight excluding hydrogens is 285 g/mol. The van der Waals surface area contributed by atoms with E-state index in [0.717, 1.165) is 13.1 Å². The molecule has 6 heteroatoms. The molecule has 0 unspecified atom stereocenters. The predicted octanol–water partition coefficient (Wildman–Crippen LogP) is 1.64. The lowest BCUT2D eigenvalue weighted by Crippen LogP contribution is -2.46. The Kier molecular flexibility index (Phi) is 4.02. The number of piperazine rings is 1. The number of nitrogens with zero attached hydrogens (tertiary/aromatic N) is 2. The fraction of sp³-hybridized carbons (Fsp3) is 0.250. The van der Waals surface area contributed by atoms with Gasteiger partial charge in [-0.25, -0.2) is 4.39 Å². The van der Waals surface area contributed by atoms with E-state index in [2.05, 4.69) is 10.3 Å². The van der Waals surface area contributed by atoms with E-state index in [0.29, 0.717) is 29.8 Å². The van der Waals surface area contributed by atoms with Gasteiger partial charge < -0.3 is 15.3 Å². The second-order valence-electron chi connectivity index (χ2n) is 5.17. The largest absolute Gasteiger partial charge is 0.506 e. The third-order valence-corrected chi connectivity index (χ3v) is 3.66. The van der Waals surface area contributed by atoms with E-state index >= 15 is 0 Å². The normalized spacial score (nSPS) is 14.9. The monoisotopic (exact) mass is 301 g/mol. The minimum Gasteiger partial charge on any atom is -0.506 e. The van der Waals surface area contributed by atoms with Crippen molar-refractivity contribution in [3.05, 3.63) is 48.0 Å². The molecule has 22 heavy (non-hydrogen) atoms. The molecular formula is C16H16FN3O2. The molecule has 1 saturated heterocycles.